The molecule has 1 aromatic carbocycles. The van der Waals surface area contributed by atoms with Gasteiger partial charge in [0.25, 0.3) is 5.91 Å². The van der Waals surface area contributed by atoms with Crippen molar-refractivity contribution in [3.05, 3.63) is 23.8 Å². The van der Waals surface area contributed by atoms with E-state index in [2.05, 4.69) is 0 Å². The van der Waals surface area contributed by atoms with E-state index in [0.29, 0.717) is 17.4 Å². The zero-order chi connectivity index (χ0) is 11.7. The number of nitrogen functional groups attached to an aromatic ring is 1. The zero-order valence-corrected chi connectivity index (χ0v) is 9.56. The van der Waals surface area contributed by atoms with Crippen LogP contribution in [0.5, 0.6) is 5.75 Å². The number of carbonyl (C=O) groups excluding carboxylic acids is 1. The first-order valence-corrected chi connectivity index (χ1v) is 5.36. The van der Waals surface area contributed by atoms with Gasteiger partial charge in [-0.3, -0.25) is 4.79 Å². The molecule has 1 aromatic rings. The molecule has 1 aliphatic rings. The van der Waals surface area contributed by atoms with Gasteiger partial charge in [-0.15, -0.1) is 0 Å². The Bertz CT molecular complexity index is 411. The first kappa shape index (κ1) is 10.8. The molecule has 0 aromatic heterocycles. The van der Waals surface area contributed by atoms with E-state index in [-0.39, 0.29) is 5.91 Å². The molecule has 0 heterocycles. The summed E-state index contributed by atoms with van der Waals surface area (Å²) in [5, 5.41) is 0. The normalized spacial score (nSPS) is 14.6. The minimum absolute atomic E-state index is 0.0984. The summed E-state index contributed by atoms with van der Waals surface area (Å²) in [4.78, 5) is 13.3. The summed E-state index contributed by atoms with van der Waals surface area (Å²) in [7, 11) is 3.41. The highest BCUT2D eigenvalue weighted by Gasteiger charge is 2.24. The highest BCUT2D eigenvalue weighted by atomic mass is 16.5. The number of hydrogen-bond donors (Lipinski definition) is 1. The van der Waals surface area contributed by atoms with Crippen LogP contribution in [-0.4, -0.2) is 31.0 Å². The van der Waals surface area contributed by atoms with E-state index < -0.39 is 0 Å². The second-order valence-corrected chi connectivity index (χ2v) is 4.27. The number of ether oxygens (including phenoxy) is 1. The Morgan fingerprint density at radius 1 is 1.44 bits per heavy atom. The molecule has 0 atom stereocenters. The predicted octanol–water partition coefficient (Wildman–Crippen LogP) is 1.51. The van der Waals surface area contributed by atoms with Gasteiger partial charge in [-0.25, -0.2) is 0 Å². The maximum Gasteiger partial charge on any atom is 0.255 e. The van der Waals surface area contributed by atoms with Crippen molar-refractivity contribution >= 4 is 11.6 Å². The van der Waals surface area contributed by atoms with Crippen LogP contribution < -0.4 is 10.5 Å². The van der Waals surface area contributed by atoms with E-state index in [9.17, 15) is 4.79 Å². The van der Waals surface area contributed by atoms with Crippen molar-refractivity contribution in [3.8, 4) is 5.75 Å². The molecule has 86 valence electrons. The molecule has 0 unspecified atom stereocenters. The van der Waals surface area contributed by atoms with Crippen molar-refractivity contribution < 1.29 is 9.53 Å². The minimum Gasteiger partial charge on any atom is -0.490 e. The van der Waals surface area contributed by atoms with E-state index in [1.807, 2.05) is 0 Å². The summed E-state index contributed by atoms with van der Waals surface area (Å²) in [6.45, 7) is 0. The lowest BCUT2D eigenvalue weighted by atomic mass is 10.1. The third-order valence-corrected chi connectivity index (χ3v) is 2.49. The fraction of sp³-hybridized carbons (Fsp3) is 0.417. The third-order valence-electron chi connectivity index (χ3n) is 2.49. The molecule has 0 saturated heterocycles. The molecule has 2 rings (SSSR count). The van der Waals surface area contributed by atoms with Gasteiger partial charge in [0, 0.05) is 19.8 Å². The van der Waals surface area contributed by atoms with Gasteiger partial charge < -0.3 is 15.4 Å². The highest BCUT2D eigenvalue weighted by Crippen LogP contribution is 2.28. The number of nitrogens with two attached hydrogens (primary N) is 1. The molecule has 16 heavy (non-hydrogen) atoms. The first-order valence-electron chi connectivity index (χ1n) is 5.36. The number of benzene rings is 1. The summed E-state index contributed by atoms with van der Waals surface area (Å²) in [5.41, 5.74) is 6.76. The molecule has 4 nitrogen and oxygen atoms in total. The fourth-order valence-corrected chi connectivity index (χ4v) is 1.41. The zero-order valence-electron chi connectivity index (χ0n) is 9.56. The van der Waals surface area contributed by atoms with Crippen molar-refractivity contribution in [2.45, 2.75) is 18.9 Å². The van der Waals surface area contributed by atoms with Crippen LogP contribution in [0.2, 0.25) is 0 Å². The number of anilines is 1. The molecule has 4 heteroatoms. The van der Waals surface area contributed by atoms with Gasteiger partial charge in [0.05, 0.1) is 11.7 Å². The molecule has 0 bridgehead atoms. The molecule has 0 radical (unpaired) electrons. The average Bonchev–Trinajstić information content (AvgIpc) is 3.03. The standard InChI is InChI=1S/C12H16N2O2/c1-14(2)12(15)10-7-9(5-6-11(10)13)16-8-3-4-8/h5-8H,3-4,13H2,1-2H3. The summed E-state index contributed by atoms with van der Waals surface area (Å²) >= 11 is 0. The van der Waals surface area contributed by atoms with Gasteiger partial charge >= 0.3 is 0 Å². The molecular weight excluding hydrogens is 204 g/mol. The minimum atomic E-state index is -0.0984. The third kappa shape index (κ3) is 2.27. The van der Waals surface area contributed by atoms with Crippen LogP contribution in [0, 0.1) is 0 Å². The number of nitrogens with zero attached hydrogens (tertiary/aromatic N) is 1. The van der Waals surface area contributed by atoms with Gasteiger partial charge in [-0.05, 0) is 31.0 Å². The van der Waals surface area contributed by atoms with E-state index in [1.165, 1.54) is 4.90 Å². The fourth-order valence-electron chi connectivity index (χ4n) is 1.41. The predicted molar refractivity (Wildman–Crippen MR) is 62.5 cm³/mol. The Morgan fingerprint density at radius 3 is 2.69 bits per heavy atom. The van der Waals surface area contributed by atoms with Crippen LogP contribution in [0.15, 0.2) is 18.2 Å². The maximum atomic E-state index is 11.8. The maximum absolute atomic E-state index is 11.8. The van der Waals surface area contributed by atoms with E-state index in [4.69, 9.17) is 10.5 Å². The average molecular weight is 220 g/mol. The smallest absolute Gasteiger partial charge is 0.255 e. The number of rotatable bonds is 3. The Labute approximate surface area is 95.0 Å². The SMILES string of the molecule is CN(C)C(=O)c1cc(OC2CC2)ccc1N. The van der Waals surface area contributed by atoms with Gasteiger partial charge in [-0.2, -0.15) is 0 Å². The van der Waals surface area contributed by atoms with Crippen LogP contribution in [-0.2, 0) is 0 Å². The Kier molecular flexibility index (Phi) is 2.73. The molecular formula is C12H16N2O2. The Balaban J connectivity index is 2.24. The van der Waals surface area contributed by atoms with Crippen molar-refractivity contribution in [1.29, 1.82) is 0 Å². The quantitative estimate of drug-likeness (QED) is 0.785. The summed E-state index contributed by atoms with van der Waals surface area (Å²) in [5.74, 6) is 0.626. The summed E-state index contributed by atoms with van der Waals surface area (Å²) < 4.78 is 5.62. The van der Waals surface area contributed by atoms with Crippen LogP contribution in [0.4, 0.5) is 5.69 Å². The molecule has 1 saturated carbocycles. The highest BCUT2D eigenvalue weighted by molar-refractivity contribution is 5.99. The van der Waals surface area contributed by atoms with Crippen molar-refractivity contribution in [1.82, 2.24) is 4.90 Å². The second-order valence-electron chi connectivity index (χ2n) is 4.27. The number of amides is 1. The second kappa shape index (κ2) is 4.04. The lowest BCUT2D eigenvalue weighted by molar-refractivity contribution is 0.0828. The molecule has 1 fully saturated rings. The Morgan fingerprint density at radius 2 is 2.12 bits per heavy atom. The number of carbonyl (C=O) groups is 1. The molecule has 1 aliphatic carbocycles. The summed E-state index contributed by atoms with van der Waals surface area (Å²) in [6, 6.07) is 5.24. The van der Waals surface area contributed by atoms with Gasteiger partial charge in [0.15, 0.2) is 0 Å². The number of hydrogen-bond acceptors (Lipinski definition) is 3. The first-order chi connectivity index (χ1) is 7.58. The monoisotopic (exact) mass is 220 g/mol. The van der Waals surface area contributed by atoms with Gasteiger partial charge in [0.2, 0.25) is 0 Å². The van der Waals surface area contributed by atoms with Crippen molar-refractivity contribution in [2.24, 2.45) is 0 Å². The van der Waals surface area contributed by atoms with Crippen LogP contribution >= 0.6 is 0 Å². The molecule has 2 N–H and O–H groups in total. The van der Waals surface area contributed by atoms with E-state index >= 15 is 0 Å². The van der Waals surface area contributed by atoms with Crippen LogP contribution in [0.25, 0.3) is 0 Å². The molecule has 0 spiro atoms. The summed E-state index contributed by atoms with van der Waals surface area (Å²) in [6.07, 6.45) is 2.52. The van der Waals surface area contributed by atoms with Crippen LogP contribution in [0.1, 0.15) is 23.2 Å². The molecule has 0 aliphatic heterocycles. The van der Waals surface area contributed by atoms with Gasteiger partial charge in [0.1, 0.15) is 5.75 Å². The van der Waals surface area contributed by atoms with E-state index in [0.717, 1.165) is 18.6 Å². The van der Waals surface area contributed by atoms with E-state index in [1.54, 1.807) is 32.3 Å². The van der Waals surface area contributed by atoms with Crippen molar-refractivity contribution in [3.63, 3.8) is 0 Å². The lowest BCUT2D eigenvalue weighted by Crippen LogP contribution is -2.22. The lowest BCUT2D eigenvalue weighted by Gasteiger charge is -2.13. The van der Waals surface area contributed by atoms with Crippen LogP contribution in [0.3, 0.4) is 0 Å². The van der Waals surface area contributed by atoms with Crippen molar-refractivity contribution in [2.75, 3.05) is 19.8 Å². The topological polar surface area (TPSA) is 55.6 Å². The van der Waals surface area contributed by atoms with Gasteiger partial charge in [-0.1, -0.05) is 0 Å². The largest absolute Gasteiger partial charge is 0.490 e. The molecule has 1 amide bonds. The Hall–Kier alpha value is -1.71.